The number of rotatable bonds is 2. The molecule has 16 heavy (non-hydrogen) atoms. The molecule has 2 rings (SSSR count). The van der Waals surface area contributed by atoms with Crippen LogP contribution in [0.2, 0.25) is 0 Å². The maximum absolute atomic E-state index is 4.55. The Balaban J connectivity index is 2.20. The van der Waals surface area contributed by atoms with E-state index in [1.807, 2.05) is 6.20 Å². The summed E-state index contributed by atoms with van der Waals surface area (Å²) in [6.07, 6.45) is 3.15. The molecule has 0 bridgehead atoms. The fraction of sp³-hybridized carbons (Fsp3) is 0.643. The molecule has 1 saturated heterocycles. The first-order valence-corrected chi connectivity index (χ1v) is 6.13. The first-order valence-electron chi connectivity index (χ1n) is 6.13. The smallest absolute Gasteiger partial charge is 0.0410 e. The lowest BCUT2D eigenvalue weighted by atomic mass is 9.84. The van der Waals surface area contributed by atoms with E-state index in [1.54, 1.807) is 0 Å². The minimum atomic E-state index is 0.222. The van der Waals surface area contributed by atoms with Gasteiger partial charge >= 0.3 is 0 Å². The Kier molecular flexibility index (Phi) is 3.02. The van der Waals surface area contributed by atoms with Gasteiger partial charge in [0.25, 0.3) is 0 Å². The van der Waals surface area contributed by atoms with E-state index in [9.17, 15) is 0 Å². The van der Waals surface area contributed by atoms with Crippen LogP contribution in [0.5, 0.6) is 0 Å². The van der Waals surface area contributed by atoms with Gasteiger partial charge in [-0.15, -0.1) is 0 Å². The molecule has 0 amide bonds. The molecule has 0 spiro atoms. The Morgan fingerprint density at radius 2 is 2.06 bits per heavy atom. The zero-order chi connectivity index (χ0) is 11.8. The Morgan fingerprint density at radius 3 is 2.56 bits per heavy atom. The van der Waals surface area contributed by atoms with E-state index < -0.39 is 0 Å². The van der Waals surface area contributed by atoms with Crippen LogP contribution in [0.15, 0.2) is 12.3 Å². The van der Waals surface area contributed by atoms with Crippen molar-refractivity contribution in [1.82, 2.24) is 10.3 Å². The summed E-state index contributed by atoms with van der Waals surface area (Å²) >= 11 is 0. The highest BCUT2D eigenvalue weighted by Gasteiger charge is 2.20. The van der Waals surface area contributed by atoms with Crippen molar-refractivity contribution in [1.29, 1.82) is 0 Å². The summed E-state index contributed by atoms with van der Waals surface area (Å²) in [6.45, 7) is 11.3. The third-order valence-corrected chi connectivity index (χ3v) is 3.33. The van der Waals surface area contributed by atoms with Crippen molar-refractivity contribution >= 4 is 0 Å². The molecule has 88 valence electrons. The number of hydrogen-bond acceptors (Lipinski definition) is 2. The van der Waals surface area contributed by atoms with Gasteiger partial charge in [0.05, 0.1) is 0 Å². The standard InChI is InChI=1S/C14H22N2/c1-10-7-16-12(5-11-8-15-9-11)6-13(10)14(2,3)4/h6-7,11,15H,5,8-9H2,1-4H3. The summed E-state index contributed by atoms with van der Waals surface area (Å²) in [6, 6.07) is 2.30. The van der Waals surface area contributed by atoms with E-state index in [4.69, 9.17) is 0 Å². The van der Waals surface area contributed by atoms with Crippen molar-refractivity contribution in [2.24, 2.45) is 5.92 Å². The topological polar surface area (TPSA) is 24.9 Å². The van der Waals surface area contributed by atoms with Crippen LogP contribution >= 0.6 is 0 Å². The van der Waals surface area contributed by atoms with Gasteiger partial charge in [0.15, 0.2) is 0 Å². The molecule has 0 atom stereocenters. The molecular formula is C14H22N2. The minimum Gasteiger partial charge on any atom is -0.316 e. The van der Waals surface area contributed by atoms with Crippen molar-refractivity contribution in [3.05, 3.63) is 29.1 Å². The van der Waals surface area contributed by atoms with Gasteiger partial charge in [0, 0.05) is 11.9 Å². The van der Waals surface area contributed by atoms with Crippen molar-refractivity contribution in [3.8, 4) is 0 Å². The van der Waals surface area contributed by atoms with Gasteiger partial charge in [-0.3, -0.25) is 4.98 Å². The van der Waals surface area contributed by atoms with Gasteiger partial charge in [-0.25, -0.2) is 0 Å². The van der Waals surface area contributed by atoms with Gasteiger partial charge in [0.2, 0.25) is 0 Å². The summed E-state index contributed by atoms with van der Waals surface area (Å²) in [5, 5.41) is 3.31. The molecule has 1 fully saturated rings. The second-order valence-corrected chi connectivity index (χ2v) is 5.97. The van der Waals surface area contributed by atoms with E-state index in [1.165, 1.54) is 16.8 Å². The third kappa shape index (κ3) is 2.43. The number of aryl methyl sites for hydroxylation is 1. The van der Waals surface area contributed by atoms with Gasteiger partial charge < -0.3 is 5.32 Å². The van der Waals surface area contributed by atoms with E-state index in [0.29, 0.717) is 0 Å². The summed E-state index contributed by atoms with van der Waals surface area (Å²) in [7, 11) is 0. The van der Waals surface area contributed by atoms with Crippen molar-refractivity contribution < 1.29 is 0 Å². The largest absolute Gasteiger partial charge is 0.316 e. The third-order valence-electron chi connectivity index (χ3n) is 3.33. The highest BCUT2D eigenvalue weighted by Crippen LogP contribution is 2.26. The van der Waals surface area contributed by atoms with Crippen molar-refractivity contribution in [3.63, 3.8) is 0 Å². The van der Waals surface area contributed by atoms with Crippen LogP contribution in [-0.2, 0) is 11.8 Å². The van der Waals surface area contributed by atoms with Crippen molar-refractivity contribution in [2.75, 3.05) is 13.1 Å². The molecule has 0 radical (unpaired) electrons. The normalized spacial score (nSPS) is 17.2. The molecule has 0 unspecified atom stereocenters. The molecule has 2 heteroatoms. The fourth-order valence-electron chi connectivity index (χ4n) is 2.28. The SMILES string of the molecule is Cc1cnc(CC2CNC2)cc1C(C)(C)C. The van der Waals surface area contributed by atoms with Crippen LogP contribution in [-0.4, -0.2) is 18.1 Å². The maximum atomic E-state index is 4.55. The second-order valence-electron chi connectivity index (χ2n) is 5.97. The van der Waals surface area contributed by atoms with Crippen LogP contribution in [0.1, 0.15) is 37.6 Å². The lowest BCUT2D eigenvalue weighted by molar-refractivity contribution is 0.343. The molecule has 1 aliphatic rings. The predicted molar refractivity (Wildman–Crippen MR) is 67.7 cm³/mol. The Labute approximate surface area is 98.5 Å². The quantitative estimate of drug-likeness (QED) is 0.824. The lowest BCUT2D eigenvalue weighted by Crippen LogP contribution is -2.43. The van der Waals surface area contributed by atoms with E-state index in [-0.39, 0.29) is 5.41 Å². The molecule has 1 aromatic heterocycles. The van der Waals surface area contributed by atoms with Gasteiger partial charge in [-0.2, -0.15) is 0 Å². The van der Waals surface area contributed by atoms with Gasteiger partial charge in [-0.05, 0) is 55.0 Å². The predicted octanol–water partition coefficient (Wildman–Crippen LogP) is 2.45. The summed E-state index contributed by atoms with van der Waals surface area (Å²) in [5.41, 5.74) is 4.22. The summed E-state index contributed by atoms with van der Waals surface area (Å²) in [5.74, 6) is 0.794. The zero-order valence-corrected chi connectivity index (χ0v) is 10.8. The van der Waals surface area contributed by atoms with E-state index in [2.05, 4.69) is 44.1 Å². The Bertz CT molecular complexity index is 373. The maximum Gasteiger partial charge on any atom is 0.0410 e. The highest BCUT2D eigenvalue weighted by atomic mass is 14.9. The van der Waals surface area contributed by atoms with E-state index in [0.717, 1.165) is 25.4 Å². The van der Waals surface area contributed by atoms with Crippen LogP contribution in [0.4, 0.5) is 0 Å². The molecule has 2 nitrogen and oxygen atoms in total. The van der Waals surface area contributed by atoms with E-state index >= 15 is 0 Å². The molecule has 1 aromatic rings. The zero-order valence-electron chi connectivity index (χ0n) is 10.8. The molecule has 0 aliphatic carbocycles. The molecule has 1 N–H and O–H groups in total. The first kappa shape index (κ1) is 11.6. The summed E-state index contributed by atoms with van der Waals surface area (Å²) < 4.78 is 0. The molecule has 0 saturated carbocycles. The number of pyridine rings is 1. The minimum absolute atomic E-state index is 0.222. The average molecular weight is 218 g/mol. The number of aromatic nitrogens is 1. The fourth-order valence-corrected chi connectivity index (χ4v) is 2.28. The molecule has 1 aliphatic heterocycles. The Morgan fingerprint density at radius 1 is 1.38 bits per heavy atom. The summed E-state index contributed by atoms with van der Waals surface area (Å²) in [4.78, 5) is 4.55. The number of nitrogens with zero attached hydrogens (tertiary/aromatic N) is 1. The lowest BCUT2D eigenvalue weighted by Gasteiger charge is -2.28. The van der Waals surface area contributed by atoms with Crippen molar-refractivity contribution in [2.45, 2.75) is 39.5 Å². The van der Waals surface area contributed by atoms with Crippen LogP contribution in [0.25, 0.3) is 0 Å². The van der Waals surface area contributed by atoms with Gasteiger partial charge in [-0.1, -0.05) is 20.8 Å². The van der Waals surface area contributed by atoms with Crippen LogP contribution < -0.4 is 5.32 Å². The number of hydrogen-bond donors (Lipinski definition) is 1. The monoisotopic (exact) mass is 218 g/mol. The second kappa shape index (κ2) is 4.17. The first-order chi connectivity index (χ1) is 7.47. The molecular weight excluding hydrogens is 196 g/mol. The average Bonchev–Trinajstić information content (AvgIpc) is 2.12. The highest BCUT2D eigenvalue weighted by molar-refractivity contribution is 5.31. The number of nitrogens with one attached hydrogen (secondary N) is 1. The molecule has 2 heterocycles. The van der Waals surface area contributed by atoms with Crippen LogP contribution in [0, 0.1) is 12.8 Å². The Hall–Kier alpha value is -0.890. The molecule has 0 aromatic carbocycles. The van der Waals surface area contributed by atoms with Gasteiger partial charge in [0.1, 0.15) is 0 Å². The van der Waals surface area contributed by atoms with Crippen LogP contribution in [0.3, 0.4) is 0 Å².